The Morgan fingerprint density at radius 2 is 1.53 bits per heavy atom. The van der Waals surface area contributed by atoms with Crippen LogP contribution in [0.2, 0.25) is 10.0 Å². The van der Waals surface area contributed by atoms with E-state index in [0.29, 0.717) is 32.8 Å². The van der Waals surface area contributed by atoms with Crippen molar-refractivity contribution in [1.82, 2.24) is 0 Å². The van der Waals surface area contributed by atoms with E-state index in [1.54, 1.807) is 67.6 Å². The molecule has 1 amide bonds. The number of para-hydroxylation sites is 2. The number of ether oxygens (including phenoxy) is 2. The van der Waals surface area contributed by atoms with Crippen LogP contribution in [0.3, 0.4) is 0 Å². The lowest BCUT2D eigenvalue weighted by Gasteiger charge is -2.35. The average Bonchev–Trinajstić information content (AvgIpc) is 3.19. The summed E-state index contributed by atoms with van der Waals surface area (Å²) >= 11 is 12.1. The van der Waals surface area contributed by atoms with E-state index in [2.05, 4.69) is 5.32 Å². The molecule has 4 aromatic rings. The first kappa shape index (κ1) is 32.5. The zero-order valence-corrected chi connectivity index (χ0v) is 26.6. The molecule has 6 nitrogen and oxygen atoms in total. The van der Waals surface area contributed by atoms with Crippen LogP contribution < -0.4 is 19.7 Å². The van der Waals surface area contributed by atoms with Gasteiger partial charge in [-0.2, -0.15) is 13.2 Å². The van der Waals surface area contributed by atoms with Crippen molar-refractivity contribution in [2.45, 2.75) is 44.5 Å². The predicted octanol–water partition coefficient (Wildman–Crippen LogP) is 9.43. The molecule has 2 aliphatic rings. The Balaban J connectivity index is 1.48. The maximum Gasteiger partial charge on any atom is 0.471 e. The molecule has 6 rings (SSSR count). The second-order valence-corrected chi connectivity index (χ2v) is 12.1. The van der Waals surface area contributed by atoms with Crippen molar-refractivity contribution in [2.24, 2.45) is 0 Å². The van der Waals surface area contributed by atoms with Crippen LogP contribution in [0.5, 0.6) is 11.5 Å². The SMILES string of the molecule is CCOc1cc([C@H]2C3=C(C[C@H](c4ccc(Cl)cc4)CC3=O)Nc3ccccc3N2C(=O)C(F)(F)F)ccc1OCc1ccc(Cl)cc1. The summed E-state index contributed by atoms with van der Waals surface area (Å²) in [5, 5.41) is 4.36. The highest BCUT2D eigenvalue weighted by atomic mass is 35.5. The van der Waals surface area contributed by atoms with Crippen LogP contribution >= 0.6 is 23.2 Å². The standard InChI is InChI=1S/C36H29Cl2F3N2O4/c1-2-46-32-19-23(11-16-31(32)47-20-21-7-12-25(37)13-8-21)34-33-28(17-24(18-30(33)44)22-9-14-26(38)15-10-22)42-27-5-3-4-6-29(27)43(34)35(45)36(39,40)41/h3-16,19,24,34,42H,2,17-18,20H2,1H3/t24-,34-/m0/s1. The van der Waals surface area contributed by atoms with E-state index in [1.807, 2.05) is 24.3 Å². The van der Waals surface area contributed by atoms with Gasteiger partial charge >= 0.3 is 12.1 Å². The lowest BCUT2D eigenvalue weighted by atomic mass is 9.78. The molecule has 1 heterocycles. The van der Waals surface area contributed by atoms with E-state index in [0.717, 1.165) is 11.1 Å². The van der Waals surface area contributed by atoms with Gasteiger partial charge in [-0.25, -0.2) is 0 Å². The third-order valence-electron chi connectivity index (χ3n) is 8.18. The molecule has 4 aromatic carbocycles. The van der Waals surface area contributed by atoms with E-state index in [1.165, 1.54) is 6.07 Å². The summed E-state index contributed by atoms with van der Waals surface area (Å²) in [6.45, 7) is 2.18. The van der Waals surface area contributed by atoms with Gasteiger partial charge in [0.2, 0.25) is 0 Å². The number of nitrogens with one attached hydrogen (secondary N) is 1. The number of alkyl halides is 3. The van der Waals surface area contributed by atoms with Crippen LogP contribution in [0.4, 0.5) is 24.5 Å². The molecule has 0 bridgehead atoms. The first-order chi connectivity index (χ1) is 22.5. The quantitative estimate of drug-likeness (QED) is 0.211. The first-order valence-corrected chi connectivity index (χ1v) is 15.7. The lowest BCUT2D eigenvalue weighted by Crippen LogP contribution is -2.45. The van der Waals surface area contributed by atoms with Gasteiger partial charge in [0.1, 0.15) is 6.61 Å². The minimum Gasteiger partial charge on any atom is -0.490 e. The van der Waals surface area contributed by atoms with Crippen molar-refractivity contribution in [3.8, 4) is 11.5 Å². The number of fused-ring (bicyclic) bond motifs is 1. The van der Waals surface area contributed by atoms with Gasteiger partial charge < -0.3 is 14.8 Å². The fourth-order valence-electron chi connectivity index (χ4n) is 6.06. The van der Waals surface area contributed by atoms with Crippen LogP contribution in [0.15, 0.2) is 102 Å². The number of hydrogen-bond acceptors (Lipinski definition) is 5. The number of rotatable bonds is 7. The molecule has 2 atom stereocenters. The molecular formula is C36H29Cl2F3N2O4. The molecule has 1 aliphatic heterocycles. The van der Waals surface area contributed by atoms with Crippen molar-refractivity contribution in [2.75, 3.05) is 16.8 Å². The molecule has 11 heteroatoms. The average molecular weight is 682 g/mol. The highest BCUT2D eigenvalue weighted by Gasteiger charge is 2.50. The lowest BCUT2D eigenvalue weighted by molar-refractivity contribution is -0.170. The number of carbonyl (C=O) groups excluding carboxylic acids is 2. The van der Waals surface area contributed by atoms with Crippen molar-refractivity contribution < 1.29 is 32.2 Å². The van der Waals surface area contributed by atoms with Crippen molar-refractivity contribution in [3.05, 3.63) is 129 Å². The summed E-state index contributed by atoms with van der Waals surface area (Å²) in [6.07, 6.45) is -4.88. The number of carbonyl (C=O) groups is 2. The number of anilines is 2. The molecule has 0 fully saturated rings. The Hall–Kier alpha value is -4.47. The van der Waals surface area contributed by atoms with Crippen LogP contribution in [0.1, 0.15) is 48.4 Å². The van der Waals surface area contributed by atoms with Gasteiger partial charge in [-0.05, 0) is 84.5 Å². The van der Waals surface area contributed by atoms with Gasteiger partial charge in [-0.3, -0.25) is 14.5 Å². The minimum atomic E-state index is -5.23. The van der Waals surface area contributed by atoms with Crippen LogP contribution in [-0.2, 0) is 16.2 Å². The molecule has 0 saturated carbocycles. The first-order valence-electron chi connectivity index (χ1n) is 15.0. The Labute approximate surface area is 279 Å². The summed E-state index contributed by atoms with van der Waals surface area (Å²) < 4.78 is 55.0. The molecule has 1 N–H and O–H groups in total. The van der Waals surface area contributed by atoms with Gasteiger partial charge in [0, 0.05) is 27.7 Å². The normalized spacial score (nSPS) is 17.7. The van der Waals surface area contributed by atoms with Gasteiger partial charge in [0.25, 0.3) is 0 Å². The van der Waals surface area contributed by atoms with Gasteiger partial charge in [-0.1, -0.05) is 65.7 Å². The summed E-state index contributed by atoms with van der Waals surface area (Å²) in [4.78, 5) is 28.1. The Kier molecular flexibility index (Phi) is 9.21. The van der Waals surface area contributed by atoms with E-state index in [9.17, 15) is 22.8 Å². The topological polar surface area (TPSA) is 67.9 Å². The second kappa shape index (κ2) is 13.3. The fraction of sp³-hybridized carbons (Fsp3) is 0.222. The summed E-state index contributed by atoms with van der Waals surface area (Å²) in [5.41, 5.74) is 2.76. The highest BCUT2D eigenvalue weighted by molar-refractivity contribution is 6.30. The largest absolute Gasteiger partial charge is 0.490 e. The summed E-state index contributed by atoms with van der Waals surface area (Å²) in [5.74, 6) is -2.13. The Bertz CT molecular complexity index is 1840. The maximum atomic E-state index is 14.4. The predicted molar refractivity (Wildman–Crippen MR) is 175 cm³/mol. The molecule has 242 valence electrons. The van der Waals surface area contributed by atoms with E-state index >= 15 is 0 Å². The van der Waals surface area contributed by atoms with Crippen LogP contribution in [0.25, 0.3) is 0 Å². The van der Waals surface area contributed by atoms with Crippen LogP contribution in [-0.4, -0.2) is 24.5 Å². The number of Topliss-reactive ketones (excluding diaryl/α,β-unsaturated/α-hetero) is 1. The number of amides is 1. The zero-order valence-electron chi connectivity index (χ0n) is 25.1. The number of hydrogen-bond donors (Lipinski definition) is 1. The molecule has 0 saturated heterocycles. The smallest absolute Gasteiger partial charge is 0.471 e. The molecule has 0 spiro atoms. The van der Waals surface area contributed by atoms with E-state index in [4.69, 9.17) is 32.7 Å². The third-order valence-corrected chi connectivity index (χ3v) is 8.69. The molecule has 1 aliphatic carbocycles. The summed E-state index contributed by atoms with van der Waals surface area (Å²) in [7, 11) is 0. The minimum absolute atomic E-state index is 0.00825. The van der Waals surface area contributed by atoms with Gasteiger partial charge in [-0.15, -0.1) is 0 Å². The Morgan fingerprint density at radius 3 is 2.21 bits per heavy atom. The maximum absolute atomic E-state index is 14.4. The third kappa shape index (κ3) is 6.82. The van der Waals surface area contributed by atoms with Crippen LogP contribution in [0, 0.1) is 0 Å². The fourth-order valence-corrected chi connectivity index (χ4v) is 6.31. The molecular weight excluding hydrogens is 652 g/mol. The number of halogens is 5. The number of allylic oxidation sites excluding steroid dienone is 1. The number of benzene rings is 4. The highest BCUT2D eigenvalue weighted by Crippen LogP contribution is 2.49. The monoisotopic (exact) mass is 680 g/mol. The van der Waals surface area contributed by atoms with E-state index in [-0.39, 0.29) is 59.6 Å². The van der Waals surface area contributed by atoms with Crippen molar-refractivity contribution in [3.63, 3.8) is 0 Å². The van der Waals surface area contributed by atoms with Gasteiger partial charge in [0.15, 0.2) is 17.3 Å². The molecule has 0 radical (unpaired) electrons. The van der Waals surface area contributed by atoms with E-state index < -0.39 is 18.1 Å². The van der Waals surface area contributed by atoms with Crippen molar-refractivity contribution >= 4 is 46.3 Å². The van der Waals surface area contributed by atoms with Crippen molar-refractivity contribution in [1.29, 1.82) is 0 Å². The molecule has 0 unspecified atom stereocenters. The number of ketones is 1. The Morgan fingerprint density at radius 1 is 0.872 bits per heavy atom. The number of nitrogens with zero attached hydrogens (tertiary/aromatic N) is 1. The second-order valence-electron chi connectivity index (χ2n) is 11.2. The zero-order chi connectivity index (χ0) is 33.3. The van der Waals surface area contributed by atoms with Gasteiger partial charge in [0.05, 0.1) is 24.0 Å². The molecule has 0 aromatic heterocycles. The molecule has 47 heavy (non-hydrogen) atoms. The summed E-state index contributed by atoms with van der Waals surface area (Å²) in [6, 6.07) is 23.8.